The van der Waals surface area contributed by atoms with Crippen LogP contribution in [-0.2, 0) is 21.0 Å². The second-order valence-corrected chi connectivity index (χ2v) is 3.95. The zero-order valence-electron chi connectivity index (χ0n) is 9.20. The number of nitrogens with zero attached hydrogens (tertiary/aromatic N) is 1. The Hall–Kier alpha value is -1.88. The van der Waals surface area contributed by atoms with Gasteiger partial charge < -0.3 is 5.11 Å². The highest BCUT2D eigenvalue weighted by atomic mass is 16.7. The van der Waals surface area contributed by atoms with Crippen molar-refractivity contribution in [3.63, 3.8) is 0 Å². The van der Waals surface area contributed by atoms with Gasteiger partial charge >= 0.3 is 5.97 Å². The van der Waals surface area contributed by atoms with Crippen molar-refractivity contribution in [1.82, 2.24) is 5.06 Å². The van der Waals surface area contributed by atoms with E-state index in [4.69, 9.17) is 9.94 Å². The number of carbonyl (C=O) groups excluding carboxylic acids is 1. The number of benzene rings is 1. The van der Waals surface area contributed by atoms with Gasteiger partial charge in [0.2, 0.25) is 5.91 Å². The molecule has 90 valence electrons. The standard InChI is InChI=1S/C12H13NO4/c14-11-6-10(12(15)16)7-13(11)17-8-9-4-2-1-3-5-9/h1-5,10H,6-8H2,(H,15,16)/t10-/m0/s1. The molecule has 0 saturated carbocycles. The summed E-state index contributed by atoms with van der Waals surface area (Å²) in [6.45, 7) is 0.403. The van der Waals surface area contributed by atoms with Gasteiger partial charge in [-0.05, 0) is 5.56 Å². The molecule has 0 radical (unpaired) electrons. The SMILES string of the molecule is O=C(O)[C@H]1CC(=O)N(OCc2ccccc2)C1. The highest BCUT2D eigenvalue weighted by Gasteiger charge is 2.35. The topological polar surface area (TPSA) is 66.8 Å². The average molecular weight is 235 g/mol. The molecule has 1 N–H and O–H groups in total. The number of rotatable bonds is 4. The lowest BCUT2D eigenvalue weighted by atomic mass is 10.1. The zero-order valence-corrected chi connectivity index (χ0v) is 9.20. The Kier molecular flexibility index (Phi) is 3.39. The van der Waals surface area contributed by atoms with E-state index in [-0.39, 0.29) is 25.5 Å². The first-order valence-electron chi connectivity index (χ1n) is 5.37. The Bertz CT molecular complexity index is 418. The van der Waals surface area contributed by atoms with Crippen LogP contribution < -0.4 is 0 Å². The fourth-order valence-corrected chi connectivity index (χ4v) is 1.70. The molecule has 1 aliphatic rings. The van der Waals surface area contributed by atoms with Crippen molar-refractivity contribution in [2.75, 3.05) is 6.54 Å². The van der Waals surface area contributed by atoms with E-state index in [2.05, 4.69) is 0 Å². The molecule has 1 amide bonds. The van der Waals surface area contributed by atoms with Gasteiger partial charge in [0.1, 0.15) is 6.61 Å². The van der Waals surface area contributed by atoms with Crippen molar-refractivity contribution in [3.8, 4) is 0 Å². The van der Waals surface area contributed by atoms with Crippen LogP contribution in [0.3, 0.4) is 0 Å². The number of hydrogen-bond acceptors (Lipinski definition) is 3. The molecule has 1 atom stereocenters. The lowest BCUT2D eigenvalue weighted by molar-refractivity contribution is -0.183. The fraction of sp³-hybridized carbons (Fsp3) is 0.333. The van der Waals surface area contributed by atoms with E-state index in [0.717, 1.165) is 10.6 Å². The van der Waals surface area contributed by atoms with Crippen molar-refractivity contribution in [1.29, 1.82) is 0 Å². The predicted octanol–water partition coefficient (Wildman–Crippen LogP) is 1.05. The van der Waals surface area contributed by atoms with Gasteiger partial charge in [-0.25, -0.2) is 5.06 Å². The summed E-state index contributed by atoms with van der Waals surface area (Å²) in [5, 5.41) is 9.94. The van der Waals surface area contributed by atoms with E-state index in [1.165, 1.54) is 0 Å². The third-order valence-electron chi connectivity index (χ3n) is 2.66. The van der Waals surface area contributed by atoms with Crippen LogP contribution in [0.15, 0.2) is 30.3 Å². The second-order valence-electron chi connectivity index (χ2n) is 3.95. The normalized spacial score (nSPS) is 19.6. The molecule has 0 spiro atoms. The third-order valence-corrected chi connectivity index (χ3v) is 2.66. The van der Waals surface area contributed by atoms with Crippen molar-refractivity contribution in [3.05, 3.63) is 35.9 Å². The minimum absolute atomic E-state index is 0.0180. The van der Waals surface area contributed by atoms with Gasteiger partial charge in [-0.15, -0.1) is 0 Å². The number of hydroxylamine groups is 2. The van der Waals surface area contributed by atoms with Crippen LogP contribution in [0.25, 0.3) is 0 Å². The quantitative estimate of drug-likeness (QED) is 0.847. The van der Waals surface area contributed by atoms with E-state index >= 15 is 0 Å². The number of aliphatic carboxylic acids is 1. The number of carbonyl (C=O) groups is 2. The Balaban J connectivity index is 1.88. The molecular weight excluding hydrogens is 222 g/mol. The highest BCUT2D eigenvalue weighted by molar-refractivity contribution is 5.85. The lowest BCUT2D eigenvalue weighted by Crippen LogP contribution is -2.26. The molecule has 1 aromatic rings. The summed E-state index contributed by atoms with van der Waals surface area (Å²) < 4.78 is 0. The molecule has 1 aromatic carbocycles. The molecule has 0 bridgehead atoms. The molecule has 0 unspecified atom stereocenters. The summed E-state index contributed by atoms with van der Waals surface area (Å²) in [7, 11) is 0. The zero-order chi connectivity index (χ0) is 12.3. The summed E-state index contributed by atoms with van der Waals surface area (Å²) in [6, 6.07) is 9.42. The van der Waals surface area contributed by atoms with Crippen LogP contribution >= 0.6 is 0 Å². The molecule has 1 saturated heterocycles. The van der Waals surface area contributed by atoms with Gasteiger partial charge in [-0.2, -0.15) is 0 Å². The minimum atomic E-state index is -0.954. The van der Waals surface area contributed by atoms with E-state index in [9.17, 15) is 9.59 Å². The van der Waals surface area contributed by atoms with E-state index in [1.54, 1.807) is 0 Å². The highest BCUT2D eigenvalue weighted by Crippen LogP contribution is 2.19. The maximum Gasteiger partial charge on any atom is 0.308 e. The first-order chi connectivity index (χ1) is 8.16. The van der Waals surface area contributed by atoms with Crippen molar-refractivity contribution >= 4 is 11.9 Å². The van der Waals surface area contributed by atoms with E-state index < -0.39 is 11.9 Å². The number of carboxylic acids is 1. The monoisotopic (exact) mass is 235 g/mol. The Morgan fingerprint density at radius 2 is 2.12 bits per heavy atom. The number of carboxylic acid groups (broad SMARTS) is 1. The van der Waals surface area contributed by atoms with Gasteiger partial charge in [-0.3, -0.25) is 14.4 Å². The Labute approximate surface area is 98.6 Å². The van der Waals surface area contributed by atoms with Crippen LogP contribution in [0.2, 0.25) is 0 Å². The van der Waals surface area contributed by atoms with Gasteiger partial charge in [0.05, 0.1) is 12.5 Å². The van der Waals surface area contributed by atoms with E-state index in [0.29, 0.717) is 0 Å². The fourth-order valence-electron chi connectivity index (χ4n) is 1.70. The van der Waals surface area contributed by atoms with Crippen LogP contribution in [0, 0.1) is 5.92 Å². The Morgan fingerprint density at radius 3 is 2.71 bits per heavy atom. The van der Waals surface area contributed by atoms with Gasteiger partial charge in [0, 0.05) is 6.42 Å². The van der Waals surface area contributed by atoms with Gasteiger partial charge in [0.15, 0.2) is 0 Å². The number of hydrogen-bond donors (Lipinski definition) is 1. The number of amides is 1. The van der Waals surface area contributed by atoms with Crippen LogP contribution in [-0.4, -0.2) is 28.6 Å². The summed E-state index contributed by atoms with van der Waals surface area (Å²) in [4.78, 5) is 27.5. The molecule has 5 heteroatoms. The average Bonchev–Trinajstić information content (AvgIpc) is 2.70. The first-order valence-corrected chi connectivity index (χ1v) is 5.37. The van der Waals surface area contributed by atoms with Crippen molar-refractivity contribution in [2.45, 2.75) is 13.0 Å². The van der Waals surface area contributed by atoms with Gasteiger partial charge in [-0.1, -0.05) is 30.3 Å². The Morgan fingerprint density at radius 1 is 1.41 bits per heavy atom. The summed E-state index contributed by atoms with van der Waals surface area (Å²) in [5.41, 5.74) is 0.944. The summed E-state index contributed by atoms with van der Waals surface area (Å²) in [6.07, 6.45) is 0.0180. The molecule has 1 fully saturated rings. The summed E-state index contributed by atoms with van der Waals surface area (Å²) in [5.74, 6) is -1.88. The minimum Gasteiger partial charge on any atom is -0.481 e. The molecule has 0 aromatic heterocycles. The third kappa shape index (κ3) is 2.82. The summed E-state index contributed by atoms with van der Waals surface area (Å²) >= 11 is 0. The second kappa shape index (κ2) is 4.97. The first kappa shape index (κ1) is 11.6. The molecule has 2 rings (SSSR count). The molecular formula is C12H13NO4. The molecule has 0 aliphatic carbocycles. The van der Waals surface area contributed by atoms with Crippen LogP contribution in [0.5, 0.6) is 0 Å². The largest absolute Gasteiger partial charge is 0.481 e. The predicted molar refractivity (Wildman–Crippen MR) is 58.7 cm³/mol. The molecule has 1 aliphatic heterocycles. The maximum absolute atomic E-state index is 11.4. The van der Waals surface area contributed by atoms with Crippen LogP contribution in [0.1, 0.15) is 12.0 Å². The molecule has 17 heavy (non-hydrogen) atoms. The van der Waals surface area contributed by atoms with E-state index in [1.807, 2.05) is 30.3 Å². The van der Waals surface area contributed by atoms with Crippen LogP contribution in [0.4, 0.5) is 0 Å². The van der Waals surface area contributed by atoms with Crippen molar-refractivity contribution in [2.24, 2.45) is 5.92 Å². The molecule has 1 heterocycles. The molecule has 5 nitrogen and oxygen atoms in total. The maximum atomic E-state index is 11.4. The lowest BCUT2D eigenvalue weighted by Gasteiger charge is -2.15. The van der Waals surface area contributed by atoms with Crippen molar-refractivity contribution < 1.29 is 19.5 Å². The van der Waals surface area contributed by atoms with Gasteiger partial charge in [0.25, 0.3) is 0 Å². The smallest absolute Gasteiger partial charge is 0.308 e.